The van der Waals surface area contributed by atoms with Gasteiger partial charge in [0, 0.05) is 12.1 Å². The molecule has 0 saturated carbocycles. The first-order chi connectivity index (χ1) is 8.43. The molecule has 3 rings (SSSR count). The van der Waals surface area contributed by atoms with E-state index in [0.717, 1.165) is 37.4 Å². The van der Waals surface area contributed by atoms with Crippen LogP contribution in [0, 0.1) is 0 Å². The third-order valence-electron chi connectivity index (χ3n) is 3.03. The molecule has 0 aromatic carbocycles. The van der Waals surface area contributed by atoms with Crippen LogP contribution in [0.3, 0.4) is 0 Å². The van der Waals surface area contributed by atoms with Gasteiger partial charge in [-0.15, -0.1) is 24.8 Å². The number of rotatable bonds is 2. The number of nitrogens with zero attached hydrogens (tertiary/aromatic N) is 3. The molecular formula is C12H16Cl2N4O. The number of aromatic nitrogens is 3. The topological polar surface area (TPSA) is 63.8 Å². The van der Waals surface area contributed by atoms with Crippen LogP contribution in [0.1, 0.15) is 24.6 Å². The summed E-state index contributed by atoms with van der Waals surface area (Å²) >= 11 is 0. The fraction of sp³-hybridized carbons (Fsp3) is 0.417. The van der Waals surface area contributed by atoms with Gasteiger partial charge >= 0.3 is 0 Å². The minimum atomic E-state index is 0. The lowest BCUT2D eigenvalue weighted by Gasteiger charge is -2.18. The summed E-state index contributed by atoms with van der Waals surface area (Å²) in [6, 6.07) is 5.66. The molecule has 1 aliphatic rings. The molecule has 1 N–H and O–H groups in total. The zero-order valence-electron chi connectivity index (χ0n) is 10.3. The number of pyridine rings is 1. The molecule has 0 spiro atoms. The Morgan fingerprint density at radius 2 is 1.95 bits per heavy atom. The molecule has 104 valence electrons. The Morgan fingerprint density at radius 1 is 1.16 bits per heavy atom. The van der Waals surface area contributed by atoms with Crippen molar-refractivity contribution >= 4 is 24.8 Å². The first-order valence-electron chi connectivity index (χ1n) is 5.89. The van der Waals surface area contributed by atoms with Gasteiger partial charge in [-0.3, -0.25) is 4.98 Å². The summed E-state index contributed by atoms with van der Waals surface area (Å²) in [5, 5.41) is 7.39. The van der Waals surface area contributed by atoms with Gasteiger partial charge in [-0.1, -0.05) is 11.2 Å². The standard InChI is InChI=1S/C12H14N4O.2ClH/c1-2-6-14-10(3-1)12-15-11(16-17-12)9-4-7-13-8-5-9;;/h1-3,6,9,13H,4-5,7-8H2;2*1H. The number of hydrogen-bond donors (Lipinski definition) is 1. The van der Waals surface area contributed by atoms with Crippen LogP contribution in [0.25, 0.3) is 11.6 Å². The maximum atomic E-state index is 5.26. The van der Waals surface area contributed by atoms with Gasteiger partial charge in [0.05, 0.1) is 0 Å². The number of piperidine rings is 1. The molecule has 5 nitrogen and oxygen atoms in total. The van der Waals surface area contributed by atoms with Crippen molar-refractivity contribution in [2.24, 2.45) is 0 Å². The third-order valence-corrected chi connectivity index (χ3v) is 3.03. The second-order valence-electron chi connectivity index (χ2n) is 4.20. The Kier molecular flexibility index (Phi) is 6.21. The fourth-order valence-electron chi connectivity index (χ4n) is 2.07. The predicted molar refractivity (Wildman–Crippen MR) is 76.9 cm³/mol. The highest BCUT2D eigenvalue weighted by Crippen LogP contribution is 2.24. The van der Waals surface area contributed by atoms with Gasteiger partial charge < -0.3 is 9.84 Å². The molecule has 0 amide bonds. The summed E-state index contributed by atoms with van der Waals surface area (Å²) in [6.45, 7) is 2.05. The Labute approximate surface area is 124 Å². The lowest BCUT2D eigenvalue weighted by Crippen LogP contribution is -2.27. The molecule has 3 heterocycles. The molecule has 0 radical (unpaired) electrons. The van der Waals surface area contributed by atoms with E-state index in [1.165, 1.54) is 0 Å². The maximum Gasteiger partial charge on any atom is 0.276 e. The Hall–Kier alpha value is -1.17. The summed E-state index contributed by atoms with van der Waals surface area (Å²) in [7, 11) is 0. The molecule has 0 atom stereocenters. The van der Waals surface area contributed by atoms with Crippen molar-refractivity contribution in [2.75, 3.05) is 13.1 Å². The van der Waals surface area contributed by atoms with Gasteiger partial charge in [0.25, 0.3) is 5.89 Å². The van der Waals surface area contributed by atoms with Gasteiger partial charge in [0.15, 0.2) is 5.82 Å². The molecule has 1 aliphatic heterocycles. The lowest BCUT2D eigenvalue weighted by molar-refractivity contribution is 0.391. The third kappa shape index (κ3) is 3.65. The van der Waals surface area contributed by atoms with Gasteiger partial charge in [-0.2, -0.15) is 4.98 Å². The molecule has 2 aromatic heterocycles. The van der Waals surface area contributed by atoms with Crippen molar-refractivity contribution in [1.82, 2.24) is 20.4 Å². The minimum Gasteiger partial charge on any atom is -0.332 e. The van der Waals surface area contributed by atoms with E-state index in [0.29, 0.717) is 11.8 Å². The largest absolute Gasteiger partial charge is 0.332 e. The van der Waals surface area contributed by atoms with Gasteiger partial charge in [0.1, 0.15) is 5.69 Å². The zero-order valence-corrected chi connectivity index (χ0v) is 11.9. The monoisotopic (exact) mass is 302 g/mol. The van der Waals surface area contributed by atoms with Crippen LogP contribution in [0.4, 0.5) is 0 Å². The van der Waals surface area contributed by atoms with E-state index in [1.807, 2.05) is 18.2 Å². The summed E-state index contributed by atoms with van der Waals surface area (Å²) < 4.78 is 5.26. The molecule has 1 fully saturated rings. The van der Waals surface area contributed by atoms with Gasteiger partial charge in [-0.25, -0.2) is 0 Å². The highest BCUT2D eigenvalue weighted by atomic mass is 35.5. The van der Waals surface area contributed by atoms with Crippen LogP contribution in [-0.4, -0.2) is 28.2 Å². The van der Waals surface area contributed by atoms with Crippen LogP contribution in [0.5, 0.6) is 0 Å². The maximum absolute atomic E-state index is 5.26. The molecular weight excluding hydrogens is 287 g/mol. The smallest absolute Gasteiger partial charge is 0.276 e. The van der Waals surface area contributed by atoms with E-state index >= 15 is 0 Å². The van der Waals surface area contributed by atoms with E-state index in [2.05, 4.69) is 20.4 Å². The first-order valence-corrected chi connectivity index (χ1v) is 5.89. The highest BCUT2D eigenvalue weighted by molar-refractivity contribution is 5.85. The van der Waals surface area contributed by atoms with Gasteiger partial charge in [-0.05, 0) is 38.1 Å². The van der Waals surface area contributed by atoms with E-state index in [-0.39, 0.29) is 24.8 Å². The van der Waals surface area contributed by atoms with Crippen molar-refractivity contribution in [3.63, 3.8) is 0 Å². The van der Waals surface area contributed by atoms with Crippen molar-refractivity contribution in [1.29, 1.82) is 0 Å². The first kappa shape index (κ1) is 15.9. The fourth-order valence-corrected chi connectivity index (χ4v) is 2.07. The molecule has 0 bridgehead atoms. The second-order valence-corrected chi connectivity index (χ2v) is 4.20. The van der Waals surface area contributed by atoms with Crippen molar-refractivity contribution < 1.29 is 4.52 Å². The average molecular weight is 303 g/mol. The van der Waals surface area contributed by atoms with E-state index < -0.39 is 0 Å². The Balaban J connectivity index is 0.000000902. The number of halogens is 2. The van der Waals surface area contributed by atoms with E-state index in [4.69, 9.17) is 4.52 Å². The van der Waals surface area contributed by atoms with Crippen molar-refractivity contribution in [2.45, 2.75) is 18.8 Å². The van der Waals surface area contributed by atoms with Crippen LogP contribution in [-0.2, 0) is 0 Å². The average Bonchev–Trinajstić information content (AvgIpc) is 2.90. The molecule has 0 unspecified atom stereocenters. The van der Waals surface area contributed by atoms with Crippen LogP contribution in [0.15, 0.2) is 28.9 Å². The van der Waals surface area contributed by atoms with Crippen molar-refractivity contribution in [3.05, 3.63) is 30.2 Å². The highest BCUT2D eigenvalue weighted by Gasteiger charge is 2.21. The predicted octanol–water partition coefficient (Wildman–Crippen LogP) is 2.44. The lowest BCUT2D eigenvalue weighted by atomic mass is 9.98. The Bertz CT molecular complexity index is 485. The SMILES string of the molecule is Cl.Cl.c1ccc(-c2nc(C3CCNCC3)no2)nc1. The second kappa shape index (κ2) is 7.43. The summed E-state index contributed by atoms with van der Waals surface area (Å²) in [5.41, 5.74) is 0.736. The number of hydrogen-bond acceptors (Lipinski definition) is 5. The number of nitrogens with one attached hydrogen (secondary N) is 1. The summed E-state index contributed by atoms with van der Waals surface area (Å²) in [4.78, 5) is 8.63. The summed E-state index contributed by atoms with van der Waals surface area (Å²) in [6.07, 6.45) is 3.87. The molecule has 19 heavy (non-hydrogen) atoms. The molecule has 2 aromatic rings. The van der Waals surface area contributed by atoms with Crippen LogP contribution < -0.4 is 5.32 Å². The van der Waals surface area contributed by atoms with Crippen molar-refractivity contribution in [3.8, 4) is 11.6 Å². The quantitative estimate of drug-likeness (QED) is 0.923. The van der Waals surface area contributed by atoms with Crippen LogP contribution in [0.2, 0.25) is 0 Å². The van der Waals surface area contributed by atoms with Gasteiger partial charge in [0.2, 0.25) is 0 Å². The van der Waals surface area contributed by atoms with E-state index in [9.17, 15) is 0 Å². The van der Waals surface area contributed by atoms with Crippen LogP contribution >= 0.6 is 24.8 Å². The zero-order chi connectivity index (χ0) is 11.5. The minimum absolute atomic E-state index is 0. The normalized spacial score (nSPS) is 15.4. The molecule has 7 heteroatoms. The molecule has 0 aliphatic carbocycles. The van der Waals surface area contributed by atoms with E-state index in [1.54, 1.807) is 6.20 Å². The summed E-state index contributed by atoms with van der Waals surface area (Å²) in [5.74, 6) is 1.74. The molecule has 1 saturated heterocycles. The Morgan fingerprint density at radius 3 is 2.63 bits per heavy atom.